The highest BCUT2D eigenvalue weighted by molar-refractivity contribution is 6.30. The maximum Gasteiger partial charge on any atom is 0.275 e. The Morgan fingerprint density at radius 2 is 1.66 bits per heavy atom. The SMILES string of the molecule is COc1cc2ccccc2cc1C(=O)NN=Cc1ccc(OCc2ccc(Cl)cc2)cc1. The van der Waals surface area contributed by atoms with Crippen molar-refractivity contribution >= 4 is 34.5 Å². The molecule has 32 heavy (non-hydrogen) atoms. The van der Waals surface area contributed by atoms with E-state index in [0.29, 0.717) is 22.9 Å². The molecule has 0 unspecified atom stereocenters. The quantitative estimate of drug-likeness (QED) is 0.287. The van der Waals surface area contributed by atoms with Gasteiger partial charge in [-0.25, -0.2) is 5.43 Å². The molecule has 6 heteroatoms. The second-order valence-corrected chi connectivity index (χ2v) is 7.52. The van der Waals surface area contributed by atoms with E-state index in [1.54, 1.807) is 19.4 Å². The van der Waals surface area contributed by atoms with Gasteiger partial charge in [0.05, 0.1) is 18.9 Å². The van der Waals surface area contributed by atoms with E-state index in [0.717, 1.165) is 27.6 Å². The van der Waals surface area contributed by atoms with Crippen molar-refractivity contribution in [1.29, 1.82) is 0 Å². The smallest absolute Gasteiger partial charge is 0.275 e. The summed E-state index contributed by atoms with van der Waals surface area (Å²) in [6, 6.07) is 26.4. The third-order valence-electron chi connectivity index (χ3n) is 4.89. The second kappa shape index (κ2) is 9.98. The highest BCUT2D eigenvalue weighted by Gasteiger charge is 2.13. The number of hydrogen-bond acceptors (Lipinski definition) is 4. The number of amides is 1. The average Bonchev–Trinajstić information content (AvgIpc) is 2.83. The van der Waals surface area contributed by atoms with Gasteiger partial charge in [-0.15, -0.1) is 0 Å². The molecule has 0 aromatic heterocycles. The van der Waals surface area contributed by atoms with Crippen LogP contribution in [0.2, 0.25) is 5.02 Å². The van der Waals surface area contributed by atoms with E-state index >= 15 is 0 Å². The number of rotatable bonds is 7. The number of hydrogen-bond donors (Lipinski definition) is 1. The van der Waals surface area contributed by atoms with Crippen LogP contribution in [-0.4, -0.2) is 19.2 Å². The monoisotopic (exact) mass is 444 g/mol. The molecule has 0 atom stereocenters. The summed E-state index contributed by atoms with van der Waals surface area (Å²) < 4.78 is 11.2. The van der Waals surface area contributed by atoms with Crippen molar-refractivity contribution < 1.29 is 14.3 Å². The number of ether oxygens (including phenoxy) is 2. The molecular formula is C26H21ClN2O3. The molecule has 160 valence electrons. The van der Waals surface area contributed by atoms with E-state index in [-0.39, 0.29) is 5.91 Å². The average molecular weight is 445 g/mol. The number of halogens is 1. The Kier molecular flexibility index (Phi) is 6.68. The molecule has 0 spiro atoms. The molecule has 0 radical (unpaired) electrons. The van der Waals surface area contributed by atoms with Crippen LogP contribution in [0.1, 0.15) is 21.5 Å². The number of benzene rings is 4. The summed E-state index contributed by atoms with van der Waals surface area (Å²) in [6.07, 6.45) is 1.58. The minimum Gasteiger partial charge on any atom is -0.496 e. The molecule has 5 nitrogen and oxygen atoms in total. The number of carbonyl (C=O) groups excluding carboxylic acids is 1. The van der Waals surface area contributed by atoms with Crippen molar-refractivity contribution in [2.45, 2.75) is 6.61 Å². The van der Waals surface area contributed by atoms with Crippen LogP contribution >= 0.6 is 11.6 Å². The number of hydrazone groups is 1. The van der Waals surface area contributed by atoms with E-state index in [1.807, 2.05) is 78.9 Å². The molecule has 0 saturated carbocycles. The van der Waals surface area contributed by atoms with Gasteiger partial charge in [-0.2, -0.15) is 5.10 Å². The maximum atomic E-state index is 12.6. The lowest BCUT2D eigenvalue weighted by Gasteiger charge is -2.09. The number of fused-ring (bicyclic) bond motifs is 1. The standard InChI is InChI=1S/C26H21ClN2O3/c1-31-25-15-21-5-3-2-4-20(21)14-24(25)26(30)29-28-16-18-8-12-23(13-9-18)32-17-19-6-10-22(27)11-7-19/h2-16H,17H2,1H3,(H,29,30). The van der Waals surface area contributed by atoms with Gasteiger partial charge >= 0.3 is 0 Å². The van der Waals surface area contributed by atoms with E-state index in [4.69, 9.17) is 21.1 Å². The predicted octanol–water partition coefficient (Wildman–Crippen LogP) is 5.84. The highest BCUT2D eigenvalue weighted by atomic mass is 35.5. The lowest BCUT2D eigenvalue weighted by atomic mass is 10.1. The van der Waals surface area contributed by atoms with Gasteiger partial charge in [0.1, 0.15) is 18.1 Å². The number of carbonyl (C=O) groups is 1. The van der Waals surface area contributed by atoms with Crippen LogP contribution in [0.5, 0.6) is 11.5 Å². The molecule has 0 heterocycles. The van der Waals surface area contributed by atoms with Gasteiger partial charge in [-0.05, 0) is 70.4 Å². The molecule has 0 fully saturated rings. The first-order valence-corrected chi connectivity index (χ1v) is 10.4. The van der Waals surface area contributed by atoms with Gasteiger partial charge in [-0.3, -0.25) is 4.79 Å². The molecule has 1 N–H and O–H groups in total. The first-order valence-electron chi connectivity index (χ1n) is 10.00. The molecule has 0 saturated heterocycles. The Hall–Kier alpha value is -3.83. The summed E-state index contributed by atoms with van der Waals surface area (Å²) in [4.78, 5) is 12.6. The fourth-order valence-corrected chi connectivity index (χ4v) is 3.31. The van der Waals surface area contributed by atoms with E-state index in [1.165, 1.54) is 0 Å². The Bertz CT molecular complexity index is 1250. The minimum atomic E-state index is -0.341. The van der Waals surface area contributed by atoms with Gasteiger partial charge in [-0.1, -0.05) is 48.0 Å². The van der Waals surface area contributed by atoms with Crippen molar-refractivity contribution in [2.24, 2.45) is 5.10 Å². The summed E-state index contributed by atoms with van der Waals surface area (Å²) in [7, 11) is 1.54. The molecular weight excluding hydrogens is 424 g/mol. The number of nitrogens with zero attached hydrogens (tertiary/aromatic N) is 1. The molecule has 4 aromatic rings. The van der Waals surface area contributed by atoms with E-state index in [2.05, 4.69) is 10.5 Å². The first kappa shape index (κ1) is 21.4. The summed E-state index contributed by atoms with van der Waals surface area (Å²) in [5.74, 6) is 0.896. The summed E-state index contributed by atoms with van der Waals surface area (Å²) in [6.45, 7) is 0.453. The molecule has 1 amide bonds. The van der Waals surface area contributed by atoms with Crippen molar-refractivity contribution in [3.05, 3.63) is 107 Å². The lowest BCUT2D eigenvalue weighted by Crippen LogP contribution is -2.18. The summed E-state index contributed by atoms with van der Waals surface area (Å²) in [5, 5.41) is 6.73. The van der Waals surface area contributed by atoms with Crippen LogP contribution in [0.15, 0.2) is 90.0 Å². The highest BCUT2D eigenvalue weighted by Crippen LogP contribution is 2.26. The van der Waals surface area contributed by atoms with Gasteiger partial charge in [0.25, 0.3) is 5.91 Å². The van der Waals surface area contributed by atoms with E-state index in [9.17, 15) is 4.79 Å². The fraction of sp³-hybridized carbons (Fsp3) is 0.0769. The third kappa shape index (κ3) is 5.25. The molecule has 4 aromatic carbocycles. The summed E-state index contributed by atoms with van der Waals surface area (Å²) >= 11 is 5.89. The second-order valence-electron chi connectivity index (χ2n) is 7.08. The van der Waals surface area contributed by atoms with Crippen molar-refractivity contribution in [3.8, 4) is 11.5 Å². The van der Waals surface area contributed by atoms with Gasteiger partial charge < -0.3 is 9.47 Å². The molecule has 0 aliphatic rings. The third-order valence-corrected chi connectivity index (χ3v) is 5.14. The van der Waals surface area contributed by atoms with Crippen LogP contribution in [0.4, 0.5) is 0 Å². The Morgan fingerprint density at radius 1 is 0.969 bits per heavy atom. The Balaban J connectivity index is 1.37. The predicted molar refractivity (Wildman–Crippen MR) is 128 cm³/mol. The normalized spacial score (nSPS) is 10.9. The summed E-state index contributed by atoms with van der Waals surface area (Å²) in [5.41, 5.74) is 4.85. The lowest BCUT2D eigenvalue weighted by molar-refractivity contribution is 0.0952. The fourth-order valence-electron chi connectivity index (χ4n) is 3.19. The van der Waals surface area contributed by atoms with Crippen LogP contribution < -0.4 is 14.9 Å². The van der Waals surface area contributed by atoms with Crippen LogP contribution in [0.3, 0.4) is 0 Å². The van der Waals surface area contributed by atoms with Gasteiger partial charge in [0.15, 0.2) is 0 Å². The number of nitrogens with one attached hydrogen (secondary N) is 1. The molecule has 0 aliphatic heterocycles. The topological polar surface area (TPSA) is 59.9 Å². The van der Waals surface area contributed by atoms with Gasteiger partial charge in [0.2, 0.25) is 0 Å². The first-order chi connectivity index (χ1) is 15.6. The number of methoxy groups -OCH3 is 1. The zero-order chi connectivity index (χ0) is 22.3. The van der Waals surface area contributed by atoms with Crippen LogP contribution in [0, 0.1) is 0 Å². The van der Waals surface area contributed by atoms with Crippen molar-refractivity contribution in [2.75, 3.05) is 7.11 Å². The maximum absolute atomic E-state index is 12.6. The van der Waals surface area contributed by atoms with Crippen molar-refractivity contribution in [1.82, 2.24) is 5.43 Å². The molecule has 4 rings (SSSR count). The zero-order valence-corrected chi connectivity index (χ0v) is 18.2. The zero-order valence-electron chi connectivity index (χ0n) is 17.4. The Labute approximate surface area is 191 Å². The van der Waals surface area contributed by atoms with Crippen molar-refractivity contribution in [3.63, 3.8) is 0 Å². The molecule has 0 bridgehead atoms. The van der Waals surface area contributed by atoms with Crippen LogP contribution in [-0.2, 0) is 6.61 Å². The largest absolute Gasteiger partial charge is 0.496 e. The van der Waals surface area contributed by atoms with Gasteiger partial charge in [0, 0.05) is 5.02 Å². The van der Waals surface area contributed by atoms with E-state index < -0.39 is 0 Å². The Morgan fingerprint density at radius 3 is 2.34 bits per heavy atom. The molecule has 0 aliphatic carbocycles. The van der Waals surface area contributed by atoms with Crippen LogP contribution in [0.25, 0.3) is 10.8 Å². The minimum absolute atomic E-state index is 0.341.